The van der Waals surface area contributed by atoms with E-state index in [4.69, 9.17) is 4.98 Å². The van der Waals surface area contributed by atoms with E-state index in [1.54, 1.807) is 0 Å². The fourth-order valence-corrected chi connectivity index (χ4v) is 8.82. The van der Waals surface area contributed by atoms with Gasteiger partial charge in [-0.3, -0.25) is 4.40 Å². The predicted octanol–water partition coefficient (Wildman–Crippen LogP) is 7.59. The number of benzene rings is 6. The van der Waals surface area contributed by atoms with E-state index in [1.807, 2.05) is 60.7 Å². The lowest BCUT2D eigenvalue weighted by Crippen LogP contribution is -2.25. The van der Waals surface area contributed by atoms with Gasteiger partial charge in [0.1, 0.15) is 11.2 Å². The summed E-state index contributed by atoms with van der Waals surface area (Å²) in [6.45, 7) is 0. The molecule has 39 heavy (non-hydrogen) atoms. The van der Waals surface area contributed by atoms with Crippen LogP contribution < -0.4 is 15.9 Å². The number of hydrogen-bond donors (Lipinski definition) is 0. The number of hydrogen-bond acceptors (Lipinski definition) is 2. The Hall–Kier alpha value is -4.72. The van der Waals surface area contributed by atoms with Crippen molar-refractivity contribution in [3.8, 4) is 0 Å². The molecule has 0 amide bonds. The minimum absolute atomic E-state index is 0.762. The molecule has 0 spiro atoms. The lowest BCUT2D eigenvalue weighted by Gasteiger charge is -2.21. The summed E-state index contributed by atoms with van der Waals surface area (Å²) >= 11 is 0. The Labute approximate surface area is 225 Å². The zero-order chi connectivity index (χ0) is 26.0. The third kappa shape index (κ3) is 3.17. The molecule has 8 rings (SSSR count). The molecule has 0 fully saturated rings. The zero-order valence-electron chi connectivity index (χ0n) is 21.0. The van der Waals surface area contributed by atoms with Crippen LogP contribution in [-0.2, 0) is 4.57 Å². The Kier molecular flexibility index (Phi) is 4.79. The number of fused-ring (bicyclic) bond motifs is 9. The Morgan fingerprint density at radius 1 is 0.513 bits per heavy atom. The first-order valence-corrected chi connectivity index (χ1v) is 14.8. The van der Waals surface area contributed by atoms with Gasteiger partial charge in [-0.25, -0.2) is 4.98 Å². The number of imidazole rings is 1. The van der Waals surface area contributed by atoms with E-state index in [2.05, 4.69) is 83.3 Å². The molecule has 2 heterocycles. The first-order valence-electron chi connectivity index (χ1n) is 13.1. The molecule has 0 N–H and O–H groups in total. The van der Waals surface area contributed by atoms with E-state index < -0.39 is 7.14 Å². The van der Waals surface area contributed by atoms with Crippen molar-refractivity contribution in [2.24, 2.45) is 0 Å². The van der Waals surface area contributed by atoms with Crippen LogP contribution >= 0.6 is 7.14 Å². The molecule has 0 radical (unpaired) electrons. The topological polar surface area (TPSA) is 34.4 Å². The highest BCUT2D eigenvalue weighted by molar-refractivity contribution is 7.85. The number of rotatable bonds is 3. The van der Waals surface area contributed by atoms with Crippen LogP contribution in [0.15, 0.2) is 140 Å². The number of pyridine rings is 1. The van der Waals surface area contributed by atoms with E-state index in [0.717, 1.165) is 54.3 Å². The first-order chi connectivity index (χ1) is 19.2. The van der Waals surface area contributed by atoms with Gasteiger partial charge in [0.15, 0.2) is 7.14 Å². The summed E-state index contributed by atoms with van der Waals surface area (Å²) in [4.78, 5) is 5.26. The van der Waals surface area contributed by atoms with Gasteiger partial charge in [0.2, 0.25) is 0 Å². The maximum atomic E-state index is 15.6. The molecule has 184 valence electrons. The molecule has 4 heteroatoms. The van der Waals surface area contributed by atoms with Crippen LogP contribution in [0.25, 0.3) is 49.1 Å². The van der Waals surface area contributed by atoms with E-state index in [-0.39, 0.29) is 0 Å². The molecular weight excluding hydrogens is 495 g/mol. The molecule has 2 aromatic heterocycles. The Bertz CT molecular complexity index is 2270. The van der Waals surface area contributed by atoms with Crippen molar-refractivity contribution in [1.29, 1.82) is 0 Å². The average molecular weight is 519 g/mol. The van der Waals surface area contributed by atoms with Crippen molar-refractivity contribution in [3.05, 3.63) is 140 Å². The van der Waals surface area contributed by atoms with Gasteiger partial charge in [-0.1, -0.05) is 115 Å². The van der Waals surface area contributed by atoms with Gasteiger partial charge in [0, 0.05) is 26.7 Å². The summed E-state index contributed by atoms with van der Waals surface area (Å²) < 4.78 is 17.9. The molecule has 0 saturated carbocycles. The predicted molar refractivity (Wildman–Crippen MR) is 165 cm³/mol. The second-order valence-corrected chi connectivity index (χ2v) is 12.7. The zero-order valence-corrected chi connectivity index (χ0v) is 21.9. The monoisotopic (exact) mass is 518 g/mol. The highest BCUT2D eigenvalue weighted by Crippen LogP contribution is 2.45. The van der Waals surface area contributed by atoms with Crippen LogP contribution in [0.5, 0.6) is 0 Å². The van der Waals surface area contributed by atoms with Gasteiger partial charge in [0.25, 0.3) is 0 Å². The van der Waals surface area contributed by atoms with Gasteiger partial charge < -0.3 is 4.57 Å². The van der Waals surface area contributed by atoms with Crippen LogP contribution in [0.2, 0.25) is 0 Å². The normalized spacial score (nSPS) is 13.4. The minimum atomic E-state index is -3.28. The average Bonchev–Trinajstić information content (AvgIpc) is 3.41. The summed E-state index contributed by atoms with van der Waals surface area (Å²) in [5.74, 6) is 0. The summed E-state index contributed by atoms with van der Waals surface area (Å²) in [6, 6.07) is 47.3. The summed E-state index contributed by atoms with van der Waals surface area (Å²) in [5.41, 5.74) is 3.71. The molecule has 6 aromatic carbocycles. The summed E-state index contributed by atoms with van der Waals surface area (Å²) in [6.07, 6.45) is 0. The lowest BCUT2D eigenvalue weighted by molar-refractivity contribution is 0.592. The largest absolute Gasteiger partial charge is 0.309 e. The molecule has 3 nitrogen and oxygen atoms in total. The molecule has 0 aliphatic carbocycles. The van der Waals surface area contributed by atoms with Crippen molar-refractivity contribution in [2.75, 3.05) is 0 Å². The molecule has 0 bridgehead atoms. The van der Waals surface area contributed by atoms with Gasteiger partial charge in [-0.05, 0) is 40.4 Å². The van der Waals surface area contributed by atoms with Gasteiger partial charge in [-0.2, -0.15) is 0 Å². The van der Waals surface area contributed by atoms with Crippen molar-refractivity contribution >= 4 is 72.2 Å². The van der Waals surface area contributed by atoms with E-state index in [1.165, 1.54) is 10.8 Å². The number of aromatic nitrogens is 2. The number of para-hydroxylation sites is 2. The molecule has 0 saturated heterocycles. The van der Waals surface area contributed by atoms with Gasteiger partial charge in [0.05, 0.1) is 11.0 Å². The van der Waals surface area contributed by atoms with Crippen LogP contribution in [0, 0.1) is 0 Å². The van der Waals surface area contributed by atoms with Gasteiger partial charge >= 0.3 is 0 Å². The standard InChI is InChI=1S/C35H23N2OP/c38-39(26-13-2-1-3-14-26,27-22-21-24-11-4-5-12-25(24)23-27)33-20-10-19-32-34(33)36-35-30-17-7-6-15-28(30)29-16-8-9-18-31(29)37(32)35/h1-23H. The second kappa shape index (κ2) is 8.39. The van der Waals surface area contributed by atoms with Crippen LogP contribution in [-0.4, -0.2) is 9.38 Å². The lowest BCUT2D eigenvalue weighted by atomic mass is 10.1. The van der Waals surface area contributed by atoms with E-state index in [9.17, 15) is 0 Å². The Morgan fingerprint density at radius 3 is 2.03 bits per heavy atom. The quantitative estimate of drug-likeness (QED) is 0.178. The highest BCUT2D eigenvalue weighted by atomic mass is 31.2. The van der Waals surface area contributed by atoms with Crippen molar-refractivity contribution < 1.29 is 4.57 Å². The number of nitrogens with zero attached hydrogens (tertiary/aromatic N) is 2. The van der Waals surface area contributed by atoms with Crippen molar-refractivity contribution in [2.45, 2.75) is 0 Å². The molecular formula is C35H23N2OP. The molecule has 0 aliphatic rings. The maximum Gasteiger partial charge on any atom is 0.173 e. The Morgan fingerprint density at radius 2 is 1.18 bits per heavy atom. The second-order valence-electron chi connectivity index (χ2n) is 9.95. The molecule has 8 aromatic rings. The van der Waals surface area contributed by atoms with E-state index >= 15 is 4.57 Å². The van der Waals surface area contributed by atoms with E-state index in [0.29, 0.717) is 0 Å². The van der Waals surface area contributed by atoms with Crippen molar-refractivity contribution in [1.82, 2.24) is 9.38 Å². The van der Waals surface area contributed by atoms with Crippen molar-refractivity contribution in [3.63, 3.8) is 0 Å². The fraction of sp³-hybridized carbons (Fsp3) is 0. The molecule has 1 atom stereocenters. The maximum absolute atomic E-state index is 15.6. The Balaban J connectivity index is 1.53. The minimum Gasteiger partial charge on any atom is -0.309 e. The van der Waals surface area contributed by atoms with Crippen LogP contribution in [0.1, 0.15) is 0 Å². The molecule has 1 unspecified atom stereocenters. The fourth-order valence-electron chi connectivity index (χ4n) is 6.01. The highest BCUT2D eigenvalue weighted by Gasteiger charge is 2.33. The van der Waals surface area contributed by atoms with Gasteiger partial charge in [-0.15, -0.1) is 0 Å². The van der Waals surface area contributed by atoms with Crippen LogP contribution in [0.3, 0.4) is 0 Å². The SMILES string of the molecule is O=P(c1ccccc1)(c1ccc2ccccc2c1)c1cccc2c1nc1c3ccccc3c3ccccc3n21. The molecule has 0 aliphatic heterocycles. The summed E-state index contributed by atoms with van der Waals surface area (Å²) in [5, 5.41) is 8.00. The third-order valence-electron chi connectivity index (χ3n) is 7.82. The van der Waals surface area contributed by atoms with Crippen LogP contribution in [0.4, 0.5) is 0 Å². The third-order valence-corrected chi connectivity index (χ3v) is 10.9. The smallest absolute Gasteiger partial charge is 0.173 e. The summed E-state index contributed by atoms with van der Waals surface area (Å²) in [7, 11) is -3.28. The first kappa shape index (κ1) is 22.3.